The van der Waals surface area contributed by atoms with Crippen LogP contribution in [0.4, 0.5) is 5.69 Å². The lowest BCUT2D eigenvalue weighted by Gasteiger charge is -2.14. The number of rotatable bonds is 6. The van der Waals surface area contributed by atoms with Crippen molar-refractivity contribution in [2.75, 3.05) is 18.7 Å². The normalized spacial score (nSPS) is 15.2. The van der Waals surface area contributed by atoms with E-state index in [2.05, 4.69) is 5.43 Å². The van der Waals surface area contributed by atoms with Crippen LogP contribution in [0, 0.1) is 6.92 Å². The van der Waals surface area contributed by atoms with Crippen molar-refractivity contribution in [3.8, 4) is 11.5 Å². The molecule has 0 unspecified atom stereocenters. The lowest BCUT2D eigenvalue weighted by molar-refractivity contribution is -0.117. The number of carbonyl (C=O) groups excluding carboxylic acids is 2. The summed E-state index contributed by atoms with van der Waals surface area (Å²) < 4.78 is 11.2. The summed E-state index contributed by atoms with van der Waals surface area (Å²) in [6, 6.07) is 12.6. The Balaban J connectivity index is 1.95. The van der Waals surface area contributed by atoms with Gasteiger partial charge in [-0.2, -0.15) is 0 Å². The maximum Gasteiger partial charge on any atom is 0.282 e. The molecule has 6 nitrogen and oxygen atoms in total. The van der Waals surface area contributed by atoms with Crippen molar-refractivity contribution >= 4 is 23.6 Å². The fourth-order valence-electron chi connectivity index (χ4n) is 2.92. The molecular weight excluding hydrogens is 344 g/mol. The van der Waals surface area contributed by atoms with Gasteiger partial charge in [0.1, 0.15) is 17.1 Å². The van der Waals surface area contributed by atoms with E-state index in [1.54, 1.807) is 43.5 Å². The number of carbonyl (C=O) groups is 2. The van der Waals surface area contributed by atoms with Gasteiger partial charge in [0.25, 0.3) is 11.8 Å². The number of anilines is 1. The Kier molecular flexibility index (Phi) is 5.45. The van der Waals surface area contributed by atoms with E-state index in [0.717, 1.165) is 17.7 Å². The number of hydrazine groups is 1. The van der Waals surface area contributed by atoms with Crippen LogP contribution in [0.2, 0.25) is 0 Å². The molecule has 6 heteroatoms. The highest BCUT2D eigenvalue weighted by atomic mass is 16.5. The fourth-order valence-corrected chi connectivity index (χ4v) is 2.92. The van der Waals surface area contributed by atoms with Gasteiger partial charge in [0, 0.05) is 11.1 Å². The zero-order valence-electron chi connectivity index (χ0n) is 15.6. The molecule has 0 spiro atoms. The van der Waals surface area contributed by atoms with E-state index in [9.17, 15) is 9.59 Å². The molecule has 1 fully saturated rings. The van der Waals surface area contributed by atoms with Gasteiger partial charge in [-0.3, -0.25) is 15.0 Å². The van der Waals surface area contributed by atoms with Crippen molar-refractivity contribution in [2.45, 2.75) is 20.3 Å². The van der Waals surface area contributed by atoms with Crippen molar-refractivity contribution in [3.05, 3.63) is 59.2 Å². The molecule has 140 valence electrons. The first-order chi connectivity index (χ1) is 13.1. The van der Waals surface area contributed by atoms with E-state index in [1.165, 1.54) is 5.01 Å². The number of hydrogen-bond donors (Lipinski definition) is 1. The zero-order chi connectivity index (χ0) is 19.4. The highest BCUT2D eigenvalue weighted by Gasteiger charge is 2.34. The molecule has 1 saturated heterocycles. The van der Waals surface area contributed by atoms with Crippen molar-refractivity contribution in [2.24, 2.45) is 0 Å². The molecule has 0 aliphatic carbocycles. The quantitative estimate of drug-likeness (QED) is 0.629. The first-order valence-corrected chi connectivity index (χ1v) is 8.79. The third-order valence-corrected chi connectivity index (χ3v) is 4.26. The van der Waals surface area contributed by atoms with Crippen LogP contribution in [0.3, 0.4) is 0 Å². The number of hydrogen-bond acceptors (Lipinski definition) is 4. The standard InChI is InChI=1S/C21H22N2O4/c1-4-12-27-18-11-10-15(19(26-3)14(18)2)13-17-20(24)22-23(21(17)25)16-8-6-5-7-9-16/h5-11,13H,4,12H2,1-3H3,(H,22,24)/b17-13+. The monoisotopic (exact) mass is 366 g/mol. The summed E-state index contributed by atoms with van der Waals surface area (Å²) >= 11 is 0. The van der Waals surface area contributed by atoms with Crippen LogP contribution in [0.25, 0.3) is 6.08 Å². The first-order valence-electron chi connectivity index (χ1n) is 8.79. The predicted octanol–water partition coefficient (Wildman–Crippen LogP) is 3.25. The third kappa shape index (κ3) is 3.65. The van der Waals surface area contributed by atoms with E-state index in [-0.39, 0.29) is 5.57 Å². The van der Waals surface area contributed by atoms with Crippen LogP contribution >= 0.6 is 0 Å². The average Bonchev–Trinajstić information content (AvgIpc) is 2.96. The maximum atomic E-state index is 12.7. The molecule has 1 aliphatic rings. The summed E-state index contributed by atoms with van der Waals surface area (Å²) in [5.41, 5.74) is 4.72. The molecule has 0 radical (unpaired) electrons. The maximum absolute atomic E-state index is 12.7. The van der Waals surface area contributed by atoms with Gasteiger partial charge in [-0.25, -0.2) is 5.01 Å². The molecule has 0 aromatic heterocycles. The van der Waals surface area contributed by atoms with Crippen molar-refractivity contribution in [1.29, 1.82) is 0 Å². The van der Waals surface area contributed by atoms with Gasteiger partial charge in [0.15, 0.2) is 0 Å². The molecule has 3 rings (SSSR count). The molecule has 0 atom stereocenters. The van der Waals surface area contributed by atoms with Gasteiger partial charge in [-0.1, -0.05) is 25.1 Å². The van der Waals surface area contributed by atoms with E-state index in [0.29, 0.717) is 23.6 Å². The van der Waals surface area contributed by atoms with E-state index < -0.39 is 11.8 Å². The van der Waals surface area contributed by atoms with Crippen LogP contribution in [0.1, 0.15) is 24.5 Å². The second-order valence-electron chi connectivity index (χ2n) is 6.13. The first kappa shape index (κ1) is 18.5. The highest BCUT2D eigenvalue weighted by molar-refractivity contribution is 6.31. The van der Waals surface area contributed by atoms with Crippen molar-refractivity contribution in [3.63, 3.8) is 0 Å². The minimum atomic E-state index is -0.449. The second-order valence-corrected chi connectivity index (χ2v) is 6.13. The zero-order valence-corrected chi connectivity index (χ0v) is 15.6. The van der Waals surface area contributed by atoms with Gasteiger partial charge < -0.3 is 9.47 Å². The van der Waals surface area contributed by atoms with E-state index >= 15 is 0 Å². The van der Waals surface area contributed by atoms with Crippen LogP contribution in [0.5, 0.6) is 11.5 Å². The van der Waals surface area contributed by atoms with Gasteiger partial charge >= 0.3 is 0 Å². The van der Waals surface area contributed by atoms with Crippen molar-refractivity contribution < 1.29 is 19.1 Å². The molecule has 1 aliphatic heterocycles. The summed E-state index contributed by atoms with van der Waals surface area (Å²) in [5, 5.41) is 1.24. The van der Waals surface area contributed by atoms with Crippen molar-refractivity contribution in [1.82, 2.24) is 5.43 Å². The van der Waals surface area contributed by atoms with E-state index in [4.69, 9.17) is 9.47 Å². The third-order valence-electron chi connectivity index (χ3n) is 4.26. The summed E-state index contributed by atoms with van der Waals surface area (Å²) in [7, 11) is 1.56. The average molecular weight is 366 g/mol. The molecule has 1 heterocycles. The number of nitrogens with zero attached hydrogens (tertiary/aromatic N) is 1. The Labute approximate surface area is 158 Å². The number of methoxy groups -OCH3 is 1. The lowest BCUT2D eigenvalue weighted by Crippen LogP contribution is -2.35. The smallest absolute Gasteiger partial charge is 0.282 e. The molecule has 27 heavy (non-hydrogen) atoms. The Morgan fingerprint density at radius 1 is 1.11 bits per heavy atom. The molecular formula is C21H22N2O4. The van der Waals surface area contributed by atoms with Crippen LogP contribution in [-0.2, 0) is 9.59 Å². The Morgan fingerprint density at radius 2 is 1.85 bits per heavy atom. The van der Waals surface area contributed by atoms with Gasteiger partial charge in [0.05, 0.1) is 19.4 Å². The molecule has 2 amide bonds. The molecule has 2 aromatic carbocycles. The highest BCUT2D eigenvalue weighted by Crippen LogP contribution is 2.33. The molecule has 1 N–H and O–H groups in total. The SMILES string of the molecule is CCCOc1ccc(/C=C2\C(=O)NN(c3ccccc3)C2=O)c(OC)c1C. The Bertz CT molecular complexity index is 891. The lowest BCUT2D eigenvalue weighted by atomic mass is 10.0. The Morgan fingerprint density at radius 3 is 2.52 bits per heavy atom. The number of benzene rings is 2. The molecule has 0 bridgehead atoms. The summed E-state index contributed by atoms with van der Waals surface area (Å²) in [5.74, 6) is 0.450. The summed E-state index contributed by atoms with van der Waals surface area (Å²) in [6.07, 6.45) is 2.45. The van der Waals surface area contributed by atoms with Crippen LogP contribution < -0.4 is 19.9 Å². The largest absolute Gasteiger partial charge is 0.496 e. The van der Waals surface area contributed by atoms with Gasteiger partial charge in [-0.05, 0) is 43.7 Å². The predicted molar refractivity (Wildman–Crippen MR) is 104 cm³/mol. The summed E-state index contributed by atoms with van der Waals surface area (Å²) in [6.45, 7) is 4.53. The van der Waals surface area contributed by atoms with Crippen LogP contribution in [0.15, 0.2) is 48.0 Å². The summed E-state index contributed by atoms with van der Waals surface area (Å²) in [4.78, 5) is 25.1. The van der Waals surface area contributed by atoms with Crippen LogP contribution in [-0.4, -0.2) is 25.5 Å². The Hall–Kier alpha value is -3.28. The minimum absolute atomic E-state index is 0.0544. The topological polar surface area (TPSA) is 67.9 Å². The minimum Gasteiger partial charge on any atom is -0.496 e. The number of ether oxygens (including phenoxy) is 2. The number of nitrogens with one attached hydrogen (secondary N) is 1. The number of amides is 2. The van der Waals surface area contributed by atoms with Gasteiger partial charge in [-0.15, -0.1) is 0 Å². The van der Waals surface area contributed by atoms with Gasteiger partial charge in [0.2, 0.25) is 0 Å². The fraction of sp³-hybridized carbons (Fsp3) is 0.238. The molecule has 2 aromatic rings. The molecule has 0 saturated carbocycles. The van der Waals surface area contributed by atoms with E-state index in [1.807, 2.05) is 26.0 Å². The number of para-hydroxylation sites is 1. The second kappa shape index (κ2) is 7.95.